The zero-order valence-electron chi connectivity index (χ0n) is 9.64. The van der Waals surface area contributed by atoms with Crippen LogP contribution in [0.2, 0.25) is 0 Å². The van der Waals surface area contributed by atoms with Crippen molar-refractivity contribution in [3.8, 4) is 11.4 Å². The Morgan fingerprint density at radius 1 is 1.22 bits per heavy atom. The van der Waals surface area contributed by atoms with Crippen LogP contribution in [0.3, 0.4) is 0 Å². The Hall–Kier alpha value is -2.01. The third kappa shape index (κ3) is 1.73. The van der Waals surface area contributed by atoms with E-state index in [0.717, 1.165) is 15.1 Å². The van der Waals surface area contributed by atoms with Gasteiger partial charge in [-0.1, -0.05) is 12.1 Å². The largest absolute Gasteiger partial charge is 0.383 e. The molecule has 0 bridgehead atoms. The molecule has 0 radical (unpaired) electrons. The summed E-state index contributed by atoms with van der Waals surface area (Å²) in [6.45, 7) is 1.98. The predicted octanol–water partition coefficient (Wildman–Crippen LogP) is 3.39. The maximum atomic E-state index is 13.7. The van der Waals surface area contributed by atoms with Crippen molar-refractivity contribution >= 4 is 27.4 Å². The lowest BCUT2D eigenvalue weighted by Gasteiger charge is -2.03. The van der Waals surface area contributed by atoms with Crippen molar-refractivity contribution in [1.82, 2.24) is 9.97 Å². The van der Waals surface area contributed by atoms with Crippen molar-refractivity contribution in [1.29, 1.82) is 0 Å². The molecule has 0 atom stereocenters. The predicted molar refractivity (Wildman–Crippen MR) is 72.0 cm³/mol. The minimum atomic E-state index is -0.343. The SMILES string of the molecule is Cc1cc2c(N)nc(-c3ccccc3F)nc2s1. The maximum Gasteiger partial charge on any atom is 0.166 e. The molecule has 0 aliphatic heterocycles. The molecule has 2 aromatic heterocycles. The number of nitrogens with two attached hydrogens (primary N) is 1. The third-order valence-corrected chi connectivity index (χ3v) is 3.60. The summed E-state index contributed by atoms with van der Waals surface area (Å²) in [5.41, 5.74) is 6.26. The second kappa shape index (κ2) is 4.03. The van der Waals surface area contributed by atoms with Gasteiger partial charge in [0, 0.05) is 4.88 Å². The normalized spacial score (nSPS) is 11.0. The van der Waals surface area contributed by atoms with Crippen molar-refractivity contribution in [2.45, 2.75) is 6.92 Å². The summed E-state index contributed by atoms with van der Waals surface area (Å²) in [5, 5.41) is 0.831. The summed E-state index contributed by atoms with van der Waals surface area (Å²) in [4.78, 5) is 10.5. The molecule has 0 saturated carbocycles. The van der Waals surface area contributed by atoms with Crippen molar-refractivity contribution in [2.75, 3.05) is 5.73 Å². The van der Waals surface area contributed by atoms with E-state index in [0.29, 0.717) is 17.2 Å². The Morgan fingerprint density at radius 2 is 2.00 bits per heavy atom. The summed E-state index contributed by atoms with van der Waals surface area (Å²) in [7, 11) is 0. The van der Waals surface area contributed by atoms with E-state index >= 15 is 0 Å². The van der Waals surface area contributed by atoms with Crippen molar-refractivity contribution in [3.05, 3.63) is 41.0 Å². The number of hydrogen-bond donors (Lipinski definition) is 1. The summed E-state index contributed by atoms with van der Waals surface area (Å²) in [6.07, 6.45) is 0. The molecule has 18 heavy (non-hydrogen) atoms. The molecule has 2 heterocycles. The van der Waals surface area contributed by atoms with Crippen molar-refractivity contribution in [2.24, 2.45) is 0 Å². The molecule has 1 aromatic carbocycles. The molecule has 5 heteroatoms. The van der Waals surface area contributed by atoms with Crippen LogP contribution in [-0.4, -0.2) is 9.97 Å². The van der Waals surface area contributed by atoms with Gasteiger partial charge in [-0.3, -0.25) is 0 Å². The van der Waals surface area contributed by atoms with E-state index in [2.05, 4.69) is 9.97 Å². The second-order valence-corrected chi connectivity index (χ2v) is 5.22. The number of fused-ring (bicyclic) bond motifs is 1. The highest BCUT2D eigenvalue weighted by Gasteiger charge is 2.12. The van der Waals surface area contributed by atoms with Gasteiger partial charge >= 0.3 is 0 Å². The van der Waals surface area contributed by atoms with E-state index in [9.17, 15) is 4.39 Å². The van der Waals surface area contributed by atoms with Gasteiger partial charge in [0.25, 0.3) is 0 Å². The monoisotopic (exact) mass is 259 g/mol. The number of aryl methyl sites for hydroxylation is 1. The molecule has 3 aromatic rings. The molecule has 0 aliphatic carbocycles. The van der Waals surface area contributed by atoms with Gasteiger partial charge in [-0.15, -0.1) is 11.3 Å². The van der Waals surface area contributed by atoms with Gasteiger partial charge in [0.05, 0.1) is 10.9 Å². The highest BCUT2D eigenvalue weighted by atomic mass is 32.1. The highest BCUT2D eigenvalue weighted by Crippen LogP contribution is 2.30. The van der Waals surface area contributed by atoms with E-state index in [1.165, 1.54) is 17.4 Å². The minimum Gasteiger partial charge on any atom is -0.383 e. The molecule has 3 rings (SSSR count). The lowest BCUT2D eigenvalue weighted by Crippen LogP contribution is -1.97. The Kier molecular flexibility index (Phi) is 2.48. The third-order valence-electron chi connectivity index (χ3n) is 2.66. The quantitative estimate of drug-likeness (QED) is 0.728. The van der Waals surface area contributed by atoms with Crippen LogP contribution in [0.1, 0.15) is 4.88 Å². The number of hydrogen-bond acceptors (Lipinski definition) is 4. The van der Waals surface area contributed by atoms with Crippen LogP contribution in [0.5, 0.6) is 0 Å². The van der Waals surface area contributed by atoms with Crippen LogP contribution in [0.15, 0.2) is 30.3 Å². The first-order valence-corrected chi connectivity index (χ1v) is 6.25. The van der Waals surface area contributed by atoms with Gasteiger partial charge in [0.1, 0.15) is 16.5 Å². The lowest BCUT2D eigenvalue weighted by atomic mass is 10.2. The second-order valence-electron chi connectivity index (χ2n) is 3.99. The molecule has 0 unspecified atom stereocenters. The molecule has 0 amide bonds. The van der Waals surface area contributed by atoms with E-state index in [1.54, 1.807) is 18.2 Å². The molecule has 0 spiro atoms. The van der Waals surface area contributed by atoms with Gasteiger partial charge in [-0.25, -0.2) is 14.4 Å². The van der Waals surface area contributed by atoms with E-state index in [1.807, 2.05) is 13.0 Å². The fraction of sp³-hybridized carbons (Fsp3) is 0.0769. The summed E-state index contributed by atoms with van der Waals surface area (Å²) >= 11 is 1.53. The van der Waals surface area contributed by atoms with Gasteiger partial charge in [-0.2, -0.15) is 0 Å². The lowest BCUT2D eigenvalue weighted by molar-refractivity contribution is 0.630. The number of thiophene rings is 1. The first kappa shape index (κ1) is 11.1. The topological polar surface area (TPSA) is 51.8 Å². The Morgan fingerprint density at radius 3 is 2.78 bits per heavy atom. The van der Waals surface area contributed by atoms with E-state index in [-0.39, 0.29) is 5.82 Å². The Balaban J connectivity index is 2.28. The number of nitrogen functional groups attached to an aromatic ring is 1. The average Bonchev–Trinajstić information content (AvgIpc) is 2.71. The molecule has 0 aliphatic rings. The van der Waals surface area contributed by atoms with Crippen LogP contribution in [-0.2, 0) is 0 Å². The molecule has 2 N–H and O–H groups in total. The number of benzene rings is 1. The van der Waals surface area contributed by atoms with Crippen molar-refractivity contribution < 1.29 is 4.39 Å². The maximum absolute atomic E-state index is 13.7. The first-order chi connectivity index (χ1) is 8.65. The minimum absolute atomic E-state index is 0.333. The van der Waals surface area contributed by atoms with Gasteiger partial charge in [-0.05, 0) is 25.1 Å². The van der Waals surface area contributed by atoms with Gasteiger partial charge in [0.2, 0.25) is 0 Å². The Bertz CT molecular complexity index is 736. The molecule has 0 saturated heterocycles. The zero-order chi connectivity index (χ0) is 12.7. The summed E-state index contributed by atoms with van der Waals surface area (Å²) in [6, 6.07) is 8.37. The fourth-order valence-corrected chi connectivity index (χ4v) is 2.71. The molecule has 3 nitrogen and oxygen atoms in total. The summed E-state index contributed by atoms with van der Waals surface area (Å²) < 4.78 is 13.7. The van der Waals surface area contributed by atoms with Crippen LogP contribution in [0, 0.1) is 12.7 Å². The average molecular weight is 259 g/mol. The zero-order valence-corrected chi connectivity index (χ0v) is 10.5. The van der Waals surface area contributed by atoms with E-state index < -0.39 is 0 Å². The van der Waals surface area contributed by atoms with Gasteiger partial charge in [0.15, 0.2) is 5.82 Å². The number of aromatic nitrogens is 2. The smallest absolute Gasteiger partial charge is 0.166 e. The van der Waals surface area contributed by atoms with Crippen LogP contribution in [0.4, 0.5) is 10.2 Å². The first-order valence-electron chi connectivity index (χ1n) is 5.44. The molecular formula is C13H10FN3S. The molecule has 90 valence electrons. The molecule has 0 fully saturated rings. The van der Waals surface area contributed by atoms with Crippen LogP contribution in [0.25, 0.3) is 21.6 Å². The fourth-order valence-electron chi connectivity index (χ4n) is 1.83. The number of halogens is 1. The Labute approximate surface area is 107 Å². The summed E-state index contributed by atoms with van der Waals surface area (Å²) in [5.74, 6) is 0.382. The highest BCUT2D eigenvalue weighted by molar-refractivity contribution is 7.18. The van der Waals surface area contributed by atoms with E-state index in [4.69, 9.17) is 5.73 Å². The number of nitrogens with zero attached hydrogens (tertiary/aromatic N) is 2. The van der Waals surface area contributed by atoms with Crippen LogP contribution < -0.4 is 5.73 Å². The number of rotatable bonds is 1. The van der Waals surface area contributed by atoms with Crippen LogP contribution >= 0.6 is 11.3 Å². The van der Waals surface area contributed by atoms with Crippen molar-refractivity contribution in [3.63, 3.8) is 0 Å². The molecular weight excluding hydrogens is 249 g/mol. The number of anilines is 1. The van der Waals surface area contributed by atoms with Gasteiger partial charge < -0.3 is 5.73 Å². The standard InChI is InChI=1S/C13H10FN3S/c1-7-6-9-11(15)16-12(17-13(9)18-7)8-4-2-3-5-10(8)14/h2-6H,1H3,(H2,15,16,17).